The third kappa shape index (κ3) is 3.47. The first-order valence-corrected chi connectivity index (χ1v) is 10.3. The van der Waals surface area contributed by atoms with Crippen LogP contribution in [0.15, 0.2) is 12.1 Å². The number of fused-ring (bicyclic) bond motifs is 4. The zero-order valence-corrected chi connectivity index (χ0v) is 16.4. The van der Waals surface area contributed by atoms with Gasteiger partial charge >= 0.3 is 0 Å². The van der Waals surface area contributed by atoms with Crippen molar-refractivity contribution in [3.63, 3.8) is 0 Å². The van der Waals surface area contributed by atoms with Gasteiger partial charge in [-0.2, -0.15) is 0 Å². The van der Waals surface area contributed by atoms with E-state index < -0.39 is 0 Å². The summed E-state index contributed by atoms with van der Waals surface area (Å²) in [7, 11) is 0. The standard InChI is InChI=1S/C17H22N4.2C2H6/c1-2-14(3-1)20-5-4-17-19-15-8-12-10-18-11-13(12)9-16(15)21(17)7-6-20;2*1-2/h8-9,14,18H,1-7,10-11H2;2*1-2H3. The quantitative estimate of drug-likeness (QED) is 0.847. The minimum absolute atomic E-state index is 0.856. The van der Waals surface area contributed by atoms with Gasteiger partial charge in [0.2, 0.25) is 0 Å². The van der Waals surface area contributed by atoms with Crippen molar-refractivity contribution in [3.05, 3.63) is 29.1 Å². The van der Waals surface area contributed by atoms with Gasteiger partial charge in [0.25, 0.3) is 0 Å². The molecule has 0 atom stereocenters. The molecule has 5 rings (SSSR count). The number of imidazole rings is 1. The van der Waals surface area contributed by atoms with Gasteiger partial charge in [0.1, 0.15) is 5.82 Å². The molecular weight excluding hydrogens is 308 g/mol. The zero-order valence-electron chi connectivity index (χ0n) is 16.4. The Hall–Kier alpha value is -1.39. The van der Waals surface area contributed by atoms with Gasteiger partial charge in [-0.3, -0.25) is 4.90 Å². The molecule has 2 aromatic rings. The summed E-state index contributed by atoms with van der Waals surface area (Å²) >= 11 is 0. The van der Waals surface area contributed by atoms with Crippen LogP contribution in [0.4, 0.5) is 0 Å². The first kappa shape index (κ1) is 18.4. The van der Waals surface area contributed by atoms with Crippen LogP contribution in [0.25, 0.3) is 11.0 Å². The molecule has 138 valence electrons. The molecule has 0 saturated heterocycles. The molecule has 25 heavy (non-hydrogen) atoms. The second-order valence-corrected chi connectivity index (χ2v) is 6.76. The van der Waals surface area contributed by atoms with Crippen LogP contribution in [-0.4, -0.2) is 33.6 Å². The molecule has 0 radical (unpaired) electrons. The van der Waals surface area contributed by atoms with Crippen molar-refractivity contribution in [1.29, 1.82) is 0 Å². The van der Waals surface area contributed by atoms with Crippen molar-refractivity contribution >= 4 is 11.0 Å². The number of aromatic nitrogens is 2. The summed E-state index contributed by atoms with van der Waals surface area (Å²) in [6, 6.07) is 5.53. The minimum Gasteiger partial charge on any atom is -0.327 e. The summed E-state index contributed by atoms with van der Waals surface area (Å²) < 4.78 is 2.48. The SMILES string of the molecule is CC.CC.c1c2c(cc3c1nc1n3CCN(C3CCC3)CC1)CNC2. The topological polar surface area (TPSA) is 33.1 Å². The average Bonchev–Trinajstić information content (AvgIpc) is 3.15. The lowest BCUT2D eigenvalue weighted by Crippen LogP contribution is -2.41. The summed E-state index contributed by atoms with van der Waals surface area (Å²) in [6.45, 7) is 13.5. The normalized spacial score (nSPS) is 19.7. The Kier molecular flexibility index (Phi) is 6.13. The number of hydrogen-bond donors (Lipinski definition) is 1. The smallest absolute Gasteiger partial charge is 0.111 e. The molecule has 1 N–H and O–H groups in total. The predicted octanol–water partition coefficient (Wildman–Crippen LogP) is 4.10. The molecule has 3 aliphatic rings. The lowest BCUT2D eigenvalue weighted by molar-refractivity contribution is 0.130. The maximum Gasteiger partial charge on any atom is 0.111 e. The van der Waals surface area contributed by atoms with Crippen LogP contribution in [0, 0.1) is 0 Å². The summed E-state index contributed by atoms with van der Waals surface area (Å²) in [5, 5.41) is 3.44. The van der Waals surface area contributed by atoms with E-state index in [9.17, 15) is 0 Å². The lowest BCUT2D eigenvalue weighted by atomic mass is 9.91. The average molecular weight is 343 g/mol. The van der Waals surface area contributed by atoms with E-state index >= 15 is 0 Å². The van der Waals surface area contributed by atoms with Crippen molar-refractivity contribution in [3.8, 4) is 0 Å². The molecule has 1 aromatic carbocycles. The molecule has 3 heterocycles. The fourth-order valence-corrected chi connectivity index (χ4v) is 4.11. The van der Waals surface area contributed by atoms with E-state index in [2.05, 4.69) is 26.9 Å². The highest BCUT2D eigenvalue weighted by molar-refractivity contribution is 5.78. The highest BCUT2D eigenvalue weighted by atomic mass is 15.2. The molecule has 4 heteroatoms. The number of nitrogens with zero attached hydrogens (tertiary/aromatic N) is 3. The van der Waals surface area contributed by atoms with E-state index in [1.165, 1.54) is 60.3 Å². The maximum absolute atomic E-state index is 4.94. The minimum atomic E-state index is 0.856. The van der Waals surface area contributed by atoms with Gasteiger partial charge in [0.05, 0.1) is 11.0 Å². The van der Waals surface area contributed by atoms with Crippen LogP contribution in [0.2, 0.25) is 0 Å². The Balaban J connectivity index is 0.000000428. The molecular formula is C21H34N4. The van der Waals surface area contributed by atoms with Gasteiger partial charge in [-0.25, -0.2) is 4.98 Å². The highest BCUT2D eigenvalue weighted by Gasteiger charge is 2.27. The molecule has 0 amide bonds. The van der Waals surface area contributed by atoms with E-state index in [4.69, 9.17) is 4.98 Å². The maximum atomic E-state index is 4.94. The summed E-state index contributed by atoms with van der Waals surface area (Å²) in [5.74, 6) is 1.29. The molecule has 1 saturated carbocycles. The molecule has 0 bridgehead atoms. The van der Waals surface area contributed by atoms with Crippen molar-refractivity contribution in [2.75, 3.05) is 13.1 Å². The first-order valence-electron chi connectivity index (χ1n) is 10.3. The van der Waals surface area contributed by atoms with Gasteiger partial charge in [0.15, 0.2) is 0 Å². The number of benzene rings is 1. The van der Waals surface area contributed by atoms with Crippen LogP contribution >= 0.6 is 0 Å². The van der Waals surface area contributed by atoms with E-state index in [1.54, 1.807) is 0 Å². The third-order valence-corrected chi connectivity index (χ3v) is 5.60. The summed E-state index contributed by atoms with van der Waals surface area (Å²) in [4.78, 5) is 7.63. The first-order chi connectivity index (χ1) is 12.4. The van der Waals surface area contributed by atoms with Gasteiger partial charge in [-0.05, 0) is 36.1 Å². The van der Waals surface area contributed by atoms with Crippen LogP contribution in [0.1, 0.15) is 63.9 Å². The van der Waals surface area contributed by atoms with Gasteiger partial charge in [-0.1, -0.05) is 34.1 Å². The monoisotopic (exact) mass is 342 g/mol. The molecule has 1 aromatic heterocycles. The lowest BCUT2D eigenvalue weighted by Gasteiger charge is -2.36. The van der Waals surface area contributed by atoms with E-state index in [0.29, 0.717) is 0 Å². The second kappa shape index (κ2) is 8.33. The predicted molar refractivity (Wildman–Crippen MR) is 106 cm³/mol. The van der Waals surface area contributed by atoms with Crippen LogP contribution in [0.3, 0.4) is 0 Å². The van der Waals surface area contributed by atoms with Crippen LogP contribution in [0.5, 0.6) is 0 Å². The Morgan fingerprint density at radius 3 is 2.36 bits per heavy atom. The molecule has 2 aliphatic heterocycles. The van der Waals surface area contributed by atoms with Crippen molar-refractivity contribution in [2.24, 2.45) is 0 Å². The Bertz CT molecular complexity index is 699. The highest BCUT2D eigenvalue weighted by Crippen LogP contribution is 2.29. The molecule has 1 aliphatic carbocycles. The zero-order chi connectivity index (χ0) is 17.8. The molecule has 0 spiro atoms. The van der Waals surface area contributed by atoms with E-state index in [-0.39, 0.29) is 0 Å². The summed E-state index contributed by atoms with van der Waals surface area (Å²) in [5.41, 5.74) is 5.45. The fraction of sp³-hybridized carbons (Fsp3) is 0.667. The second-order valence-electron chi connectivity index (χ2n) is 6.76. The van der Waals surface area contributed by atoms with Crippen LogP contribution in [-0.2, 0) is 26.1 Å². The number of rotatable bonds is 1. The van der Waals surface area contributed by atoms with Gasteiger partial charge < -0.3 is 9.88 Å². The van der Waals surface area contributed by atoms with Crippen molar-refractivity contribution in [1.82, 2.24) is 19.8 Å². The van der Waals surface area contributed by atoms with E-state index in [0.717, 1.165) is 32.1 Å². The Morgan fingerprint density at radius 1 is 0.960 bits per heavy atom. The number of nitrogens with one attached hydrogen (secondary N) is 1. The van der Waals surface area contributed by atoms with E-state index in [1.807, 2.05) is 27.7 Å². The van der Waals surface area contributed by atoms with Gasteiger partial charge in [-0.15, -0.1) is 0 Å². The molecule has 4 nitrogen and oxygen atoms in total. The molecule has 0 unspecified atom stereocenters. The Morgan fingerprint density at radius 2 is 1.68 bits per heavy atom. The fourth-order valence-electron chi connectivity index (χ4n) is 4.11. The largest absolute Gasteiger partial charge is 0.327 e. The number of hydrogen-bond acceptors (Lipinski definition) is 3. The van der Waals surface area contributed by atoms with Gasteiger partial charge in [0, 0.05) is 45.2 Å². The molecule has 1 fully saturated rings. The summed E-state index contributed by atoms with van der Waals surface area (Å²) in [6.07, 6.45) is 5.34. The third-order valence-electron chi connectivity index (χ3n) is 5.60. The Labute approximate surface area is 152 Å². The van der Waals surface area contributed by atoms with Crippen LogP contribution < -0.4 is 5.32 Å². The van der Waals surface area contributed by atoms with Crippen molar-refractivity contribution < 1.29 is 0 Å². The van der Waals surface area contributed by atoms with Crippen molar-refractivity contribution in [2.45, 2.75) is 79.1 Å².